The van der Waals surface area contributed by atoms with E-state index in [1.165, 1.54) is 0 Å². The molecule has 2 saturated heterocycles. The summed E-state index contributed by atoms with van der Waals surface area (Å²) in [5, 5.41) is 12.4. The lowest BCUT2D eigenvalue weighted by atomic mass is 9.99. The number of aliphatic hydroxyl groups is 1. The van der Waals surface area contributed by atoms with Crippen molar-refractivity contribution in [2.24, 2.45) is 5.92 Å². The standard InChI is InChI=1S/C9H16N2O2/c12-8-1-2-11(6-8)9(13)3-7-4-10-5-7/h7-8,10,12H,1-6H2. The predicted molar refractivity (Wildman–Crippen MR) is 48.2 cm³/mol. The maximum absolute atomic E-state index is 11.6. The Morgan fingerprint density at radius 2 is 2.31 bits per heavy atom. The van der Waals surface area contributed by atoms with Gasteiger partial charge in [0.2, 0.25) is 5.91 Å². The lowest BCUT2D eigenvalue weighted by Gasteiger charge is -2.28. The minimum Gasteiger partial charge on any atom is -0.391 e. The van der Waals surface area contributed by atoms with Crippen LogP contribution in [0.2, 0.25) is 0 Å². The molecule has 2 N–H and O–H groups in total. The summed E-state index contributed by atoms with van der Waals surface area (Å²) < 4.78 is 0. The lowest BCUT2D eigenvalue weighted by Crippen LogP contribution is -2.45. The van der Waals surface area contributed by atoms with Crippen LogP contribution in [0.15, 0.2) is 0 Å². The Morgan fingerprint density at radius 3 is 2.77 bits per heavy atom. The average Bonchev–Trinajstić information content (AvgIpc) is 2.44. The minimum absolute atomic E-state index is 0.211. The zero-order valence-electron chi connectivity index (χ0n) is 7.70. The van der Waals surface area contributed by atoms with Gasteiger partial charge in [0.25, 0.3) is 0 Å². The van der Waals surface area contributed by atoms with Gasteiger partial charge in [-0.3, -0.25) is 4.79 Å². The first kappa shape index (κ1) is 8.97. The molecule has 0 radical (unpaired) electrons. The Morgan fingerprint density at radius 1 is 1.54 bits per heavy atom. The highest BCUT2D eigenvalue weighted by molar-refractivity contribution is 5.76. The van der Waals surface area contributed by atoms with Crippen LogP contribution in [0.1, 0.15) is 12.8 Å². The molecule has 0 aromatic heterocycles. The third kappa shape index (κ3) is 2.00. The highest BCUT2D eigenvalue weighted by Crippen LogP contribution is 2.15. The van der Waals surface area contributed by atoms with Crippen LogP contribution < -0.4 is 5.32 Å². The molecule has 1 unspecified atom stereocenters. The number of carbonyl (C=O) groups is 1. The SMILES string of the molecule is O=C(CC1CNC1)N1CCC(O)C1. The van der Waals surface area contributed by atoms with E-state index in [-0.39, 0.29) is 12.0 Å². The molecule has 2 aliphatic heterocycles. The topological polar surface area (TPSA) is 52.6 Å². The number of nitrogens with zero attached hydrogens (tertiary/aromatic N) is 1. The minimum atomic E-state index is -0.288. The summed E-state index contributed by atoms with van der Waals surface area (Å²) in [5.41, 5.74) is 0. The maximum Gasteiger partial charge on any atom is 0.223 e. The molecule has 2 aliphatic rings. The van der Waals surface area contributed by atoms with Gasteiger partial charge >= 0.3 is 0 Å². The van der Waals surface area contributed by atoms with Gasteiger partial charge in [0.15, 0.2) is 0 Å². The van der Waals surface area contributed by atoms with Gasteiger partial charge in [-0.05, 0) is 25.4 Å². The molecule has 0 spiro atoms. The second-order valence-corrected chi connectivity index (χ2v) is 4.01. The number of amides is 1. The third-order valence-corrected chi connectivity index (χ3v) is 2.85. The van der Waals surface area contributed by atoms with Crippen molar-refractivity contribution in [1.82, 2.24) is 10.2 Å². The van der Waals surface area contributed by atoms with Crippen molar-refractivity contribution in [1.29, 1.82) is 0 Å². The lowest BCUT2D eigenvalue weighted by molar-refractivity contribution is -0.131. The molecule has 0 aliphatic carbocycles. The van der Waals surface area contributed by atoms with Crippen molar-refractivity contribution < 1.29 is 9.90 Å². The van der Waals surface area contributed by atoms with Gasteiger partial charge in [-0.1, -0.05) is 0 Å². The third-order valence-electron chi connectivity index (χ3n) is 2.85. The Bertz CT molecular complexity index is 204. The number of hydrogen-bond acceptors (Lipinski definition) is 3. The number of carbonyl (C=O) groups excluding carboxylic acids is 1. The highest BCUT2D eigenvalue weighted by Gasteiger charge is 2.27. The quantitative estimate of drug-likeness (QED) is 0.590. The molecular weight excluding hydrogens is 168 g/mol. The molecule has 74 valence electrons. The molecule has 0 saturated carbocycles. The molecule has 4 heteroatoms. The predicted octanol–water partition coefficient (Wildman–Crippen LogP) is -0.811. The van der Waals surface area contributed by atoms with E-state index < -0.39 is 0 Å². The first-order valence-electron chi connectivity index (χ1n) is 4.92. The molecule has 2 heterocycles. The zero-order chi connectivity index (χ0) is 9.26. The molecule has 0 bridgehead atoms. The second-order valence-electron chi connectivity index (χ2n) is 4.01. The molecule has 1 atom stereocenters. The zero-order valence-corrected chi connectivity index (χ0v) is 7.70. The fourth-order valence-electron chi connectivity index (χ4n) is 1.84. The van der Waals surface area contributed by atoms with Crippen LogP contribution in [0.3, 0.4) is 0 Å². The molecule has 13 heavy (non-hydrogen) atoms. The van der Waals surface area contributed by atoms with E-state index in [1.807, 2.05) is 0 Å². The van der Waals surface area contributed by atoms with Gasteiger partial charge in [-0.25, -0.2) is 0 Å². The van der Waals surface area contributed by atoms with E-state index in [1.54, 1.807) is 4.90 Å². The van der Waals surface area contributed by atoms with Crippen LogP contribution >= 0.6 is 0 Å². The number of rotatable bonds is 2. The maximum atomic E-state index is 11.6. The molecule has 1 amide bonds. The fraction of sp³-hybridized carbons (Fsp3) is 0.889. The van der Waals surface area contributed by atoms with Crippen molar-refractivity contribution in [2.75, 3.05) is 26.2 Å². The summed E-state index contributed by atoms with van der Waals surface area (Å²) in [7, 11) is 0. The second kappa shape index (κ2) is 3.64. The van der Waals surface area contributed by atoms with Gasteiger partial charge in [0.05, 0.1) is 6.10 Å². The van der Waals surface area contributed by atoms with Crippen LogP contribution in [0.5, 0.6) is 0 Å². The Kier molecular flexibility index (Phi) is 2.51. The monoisotopic (exact) mass is 184 g/mol. The van der Waals surface area contributed by atoms with Gasteiger partial charge in [-0.15, -0.1) is 0 Å². The summed E-state index contributed by atoms with van der Waals surface area (Å²) in [4.78, 5) is 13.4. The number of aliphatic hydroxyl groups excluding tert-OH is 1. The first-order valence-corrected chi connectivity index (χ1v) is 4.92. The van der Waals surface area contributed by atoms with Crippen molar-refractivity contribution in [3.8, 4) is 0 Å². The van der Waals surface area contributed by atoms with E-state index >= 15 is 0 Å². The molecule has 2 rings (SSSR count). The van der Waals surface area contributed by atoms with Crippen LogP contribution in [0.25, 0.3) is 0 Å². The van der Waals surface area contributed by atoms with Gasteiger partial charge in [-0.2, -0.15) is 0 Å². The number of hydrogen-bond donors (Lipinski definition) is 2. The van der Waals surface area contributed by atoms with Crippen molar-refractivity contribution in [2.45, 2.75) is 18.9 Å². The smallest absolute Gasteiger partial charge is 0.223 e. The summed E-state index contributed by atoms with van der Waals surface area (Å²) in [6, 6.07) is 0. The van der Waals surface area contributed by atoms with Crippen molar-refractivity contribution in [3.63, 3.8) is 0 Å². The largest absolute Gasteiger partial charge is 0.391 e. The van der Waals surface area contributed by atoms with Gasteiger partial charge in [0, 0.05) is 19.5 Å². The molecule has 0 aromatic rings. The molecule has 4 nitrogen and oxygen atoms in total. The van der Waals surface area contributed by atoms with Gasteiger partial charge in [0.1, 0.15) is 0 Å². The van der Waals surface area contributed by atoms with Crippen LogP contribution in [0.4, 0.5) is 0 Å². The summed E-state index contributed by atoms with van der Waals surface area (Å²) >= 11 is 0. The number of nitrogens with one attached hydrogen (secondary N) is 1. The normalized spacial score (nSPS) is 29.0. The molecular formula is C9H16N2O2. The van der Waals surface area contributed by atoms with Crippen molar-refractivity contribution >= 4 is 5.91 Å². The fourth-order valence-corrected chi connectivity index (χ4v) is 1.84. The highest BCUT2D eigenvalue weighted by atomic mass is 16.3. The van der Waals surface area contributed by atoms with Crippen LogP contribution in [0, 0.1) is 5.92 Å². The van der Waals surface area contributed by atoms with E-state index in [0.29, 0.717) is 18.9 Å². The average molecular weight is 184 g/mol. The van der Waals surface area contributed by atoms with Crippen molar-refractivity contribution in [3.05, 3.63) is 0 Å². The summed E-state index contributed by atoms with van der Waals surface area (Å²) in [6.07, 6.45) is 1.11. The van der Waals surface area contributed by atoms with Gasteiger partial charge < -0.3 is 15.3 Å². The Hall–Kier alpha value is -0.610. The van der Waals surface area contributed by atoms with E-state index in [0.717, 1.165) is 26.1 Å². The van der Waals surface area contributed by atoms with Crippen LogP contribution in [-0.2, 0) is 4.79 Å². The van der Waals surface area contributed by atoms with E-state index in [9.17, 15) is 9.90 Å². The van der Waals surface area contributed by atoms with E-state index in [4.69, 9.17) is 0 Å². The molecule has 2 fully saturated rings. The summed E-state index contributed by atoms with van der Waals surface area (Å²) in [5.74, 6) is 0.744. The number of β-amino-alcohol motifs (C(OH)–C–C–N with tert-alkyl or cyclic N) is 1. The first-order chi connectivity index (χ1) is 6.25. The van der Waals surface area contributed by atoms with E-state index in [2.05, 4.69) is 5.32 Å². The summed E-state index contributed by atoms with van der Waals surface area (Å²) in [6.45, 7) is 3.23. The van der Waals surface area contributed by atoms with Crippen LogP contribution in [-0.4, -0.2) is 48.2 Å². The molecule has 0 aromatic carbocycles. The number of likely N-dealkylation sites (tertiary alicyclic amines) is 1. The Balaban J connectivity index is 1.76. The Labute approximate surface area is 77.9 Å².